The van der Waals surface area contributed by atoms with Crippen molar-refractivity contribution < 1.29 is 33.0 Å². The lowest BCUT2D eigenvalue weighted by Gasteiger charge is -2.33. The van der Waals surface area contributed by atoms with Gasteiger partial charge in [-0.15, -0.1) is 0 Å². The Kier molecular flexibility index (Phi) is 8.59. The molecule has 0 spiro atoms. The van der Waals surface area contributed by atoms with Gasteiger partial charge in [0.2, 0.25) is 15.9 Å². The summed E-state index contributed by atoms with van der Waals surface area (Å²) in [6.07, 6.45) is 0.626. The van der Waals surface area contributed by atoms with Gasteiger partial charge < -0.3 is 19.8 Å². The molecular formula is C27H29N5O7S. The summed E-state index contributed by atoms with van der Waals surface area (Å²) in [5, 5.41) is 30.0. The molecule has 0 unspecified atom stereocenters. The number of piperidine rings is 1. The van der Waals surface area contributed by atoms with Crippen molar-refractivity contribution in [3.63, 3.8) is 0 Å². The Morgan fingerprint density at radius 2 is 1.77 bits per heavy atom. The number of anilines is 1. The summed E-state index contributed by atoms with van der Waals surface area (Å²) in [5.74, 6) is -2.36. The summed E-state index contributed by atoms with van der Waals surface area (Å²) in [7, 11) is -3.87. The molecule has 1 aliphatic heterocycles. The maximum absolute atomic E-state index is 12.8. The molecule has 210 valence electrons. The lowest BCUT2D eigenvalue weighted by molar-refractivity contribution is -0.123. The van der Waals surface area contributed by atoms with Crippen LogP contribution in [0.1, 0.15) is 46.9 Å². The topological polar surface area (TPSA) is 175 Å². The number of aromatic nitrogens is 2. The summed E-state index contributed by atoms with van der Waals surface area (Å²) >= 11 is 0. The highest BCUT2D eigenvalue weighted by Crippen LogP contribution is 2.29. The quantitative estimate of drug-likeness (QED) is 0.325. The van der Waals surface area contributed by atoms with E-state index in [1.54, 1.807) is 42.2 Å². The third kappa shape index (κ3) is 6.52. The van der Waals surface area contributed by atoms with Gasteiger partial charge in [0, 0.05) is 31.1 Å². The SMILES string of the molecule is CCOC(=O)c1cc(C#N)c(N2CCC(C(=O)NS(=O)(=O)Cc3ccccc3)CC2)nc1Cn1c(O)ccc1O. The number of hydrogen-bond donors (Lipinski definition) is 3. The predicted molar refractivity (Wildman–Crippen MR) is 144 cm³/mol. The Morgan fingerprint density at radius 1 is 1.12 bits per heavy atom. The van der Waals surface area contributed by atoms with Crippen LogP contribution in [0, 0.1) is 17.2 Å². The Labute approximate surface area is 231 Å². The van der Waals surface area contributed by atoms with Gasteiger partial charge in [0.1, 0.15) is 11.9 Å². The molecule has 0 bridgehead atoms. The first-order valence-electron chi connectivity index (χ1n) is 12.6. The maximum Gasteiger partial charge on any atom is 0.340 e. The van der Waals surface area contributed by atoms with Gasteiger partial charge >= 0.3 is 5.97 Å². The smallest absolute Gasteiger partial charge is 0.340 e. The fourth-order valence-corrected chi connectivity index (χ4v) is 5.72. The van der Waals surface area contributed by atoms with Crippen molar-refractivity contribution in [2.75, 3.05) is 24.6 Å². The number of nitrogens with zero attached hydrogens (tertiary/aromatic N) is 4. The van der Waals surface area contributed by atoms with Gasteiger partial charge in [-0.3, -0.25) is 14.1 Å². The number of sulfonamides is 1. The number of aromatic hydroxyl groups is 2. The molecule has 3 N–H and O–H groups in total. The number of pyridine rings is 1. The number of nitriles is 1. The van der Waals surface area contributed by atoms with E-state index in [0.29, 0.717) is 31.5 Å². The summed E-state index contributed by atoms with van der Waals surface area (Å²) in [5.41, 5.74) is 0.867. The van der Waals surface area contributed by atoms with E-state index in [-0.39, 0.29) is 53.3 Å². The van der Waals surface area contributed by atoms with E-state index >= 15 is 0 Å². The van der Waals surface area contributed by atoms with E-state index in [1.165, 1.54) is 18.2 Å². The number of amides is 1. The molecule has 40 heavy (non-hydrogen) atoms. The number of nitrogens with one attached hydrogen (secondary N) is 1. The number of benzene rings is 1. The molecule has 3 aromatic rings. The van der Waals surface area contributed by atoms with Crippen molar-refractivity contribution in [3.05, 3.63) is 70.9 Å². The highest BCUT2D eigenvalue weighted by atomic mass is 32.2. The van der Waals surface area contributed by atoms with E-state index < -0.39 is 27.8 Å². The molecule has 1 saturated heterocycles. The van der Waals surface area contributed by atoms with E-state index in [0.717, 1.165) is 4.57 Å². The lowest BCUT2D eigenvalue weighted by Crippen LogP contribution is -2.43. The van der Waals surface area contributed by atoms with Crippen molar-refractivity contribution in [1.29, 1.82) is 5.26 Å². The largest absolute Gasteiger partial charge is 0.494 e. The van der Waals surface area contributed by atoms with Crippen LogP contribution in [0.2, 0.25) is 0 Å². The molecule has 0 saturated carbocycles. The van der Waals surface area contributed by atoms with E-state index in [4.69, 9.17) is 4.74 Å². The first-order valence-corrected chi connectivity index (χ1v) is 14.3. The van der Waals surface area contributed by atoms with E-state index in [2.05, 4.69) is 15.8 Å². The van der Waals surface area contributed by atoms with Gasteiger partial charge in [0.25, 0.3) is 0 Å². The molecule has 3 heterocycles. The molecule has 1 aromatic carbocycles. The summed E-state index contributed by atoms with van der Waals surface area (Å²) < 4.78 is 33.5. The fraction of sp³-hybridized carbons (Fsp3) is 0.333. The number of carbonyl (C=O) groups is 2. The van der Waals surface area contributed by atoms with Crippen LogP contribution in [-0.2, 0) is 31.9 Å². The molecule has 1 fully saturated rings. The van der Waals surface area contributed by atoms with Crippen LogP contribution in [-0.4, -0.2) is 59.8 Å². The van der Waals surface area contributed by atoms with E-state index in [1.807, 2.05) is 0 Å². The van der Waals surface area contributed by atoms with Crippen LogP contribution in [0.3, 0.4) is 0 Å². The van der Waals surface area contributed by atoms with Gasteiger partial charge in [-0.2, -0.15) is 5.26 Å². The molecule has 13 heteroatoms. The zero-order chi connectivity index (χ0) is 28.9. The van der Waals surface area contributed by atoms with Crippen LogP contribution in [0.25, 0.3) is 0 Å². The summed E-state index contributed by atoms with van der Waals surface area (Å²) in [4.78, 5) is 31.8. The number of ether oxygens (including phenoxy) is 1. The summed E-state index contributed by atoms with van der Waals surface area (Å²) in [6, 6.07) is 14.6. The fourth-order valence-electron chi connectivity index (χ4n) is 4.55. The molecule has 2 aromatic heterocycles. The molecule has 12 nitrogen and oxygen atoms in total. The van der Waals surface area contributed by atoms with Crippen molar-refractivity contribution in [2.45, 2.75) is 32.1 Å². The first-order chi connectivity index (χ1) is 19.1. The second-order valence-electron chi connectivity index (χ2n) is 9.29. The van der Waals surface area contributed by atoms with Crippen molar-refractivity contribution in [3.8, 4) is 17.8 Å². The van der Waals surface area contributed by atoms with Gasteiger partial charge in [-0.05, 0) is 31.4 Å². The minimum atomic E-state index is -3.87. The monoisotopic (exact) mass is 567 g/mol. The van der Waals surface area contributed by atoms with Crippen LogP contribution in [0.5, 0.6) is 11.8 Å². The second kappa shape index (κ2) is 12.1. The third-order valence-corrected chi connectivity index (χ3v) is 7.79. The third-order valence-electron chi connectivity index (χ3n) is 6.56. The van der Waals surface area contributed by atoms with Crippen LogP contribution in [0.4, 0.5) is 5.82 Å². The van der Waals surface area contributed by atoms with Crippen molar-refractivity contribution in [2.24, 2.45) is 5.92 Å². The molecule has 1 amide bonds. The molecular weight excluding hydrogens is 538 g/mol. The Bertz CT molecular complexity index is 1520. The average Bonchev–Trinajstić information content (AvgIpc) is 3.25. The Morgan fingerprint density at radius 3 is 2.38 bits per heavy atom. The zero-order valence-electron chi connectivity index (χ0n) is 21.8. The Hall–Kier alpha value is -4.57. The molecule has 1 aliphatic rings. The standard InChI is InChI=1S/C27H29N5O7S/c1-2-39-27(36)21-14-20(15-28)25(29-22(21)16-32-23(33)8-9-24(32)34)31-12-10-19(11-13-31)26(35)30-40(37,38)17-18-6-4-3-5-7-18/h3-9,14,19,33-34H,2,10-13,16-17H2,1H3,(H,30,35). The van der Waals surface area contributed by atoms with Gasteiger partial charge in [-0.25, -0.2) is 18.2 Å². The number of hydrogen-bond acceptors (Lipinski definition) is 10. The highest BCUT2D eigenvalue weighted by molar-refractivity contribution is 7.89. The predicted octanol–water partition coefficient (Wildman–Crippen LogP) is 2.25. The molecule has 0 radical (unpaired) electrons. The number of carbonyl (C=O) groups excluding carboxylic acids is 2. The normalized spacial score (nSPS) is 13.9. The lowest BCUT2D eigenvalue weighted by atomic mass is 9.96. The minimum Gasteiger partial charge on any atom is -0.494 e. The highest BCUT2D eigenvalue weighted by Gasteiger charge is 2.30. The van der Waals surface area contributed by atoms with Crippen molar-refractivity contribution >= 4 is 27.7 Å². The first kappa shape index (κ1) is 28.4. The minimum absolute atomic E-state index is 0.0209. The van der Waals surface area contributed by atoms with Crippen LogP contribution >= 0.6 is 0 Å². The second-order valence-corrected chi connectivity index (χ2v) is 11.0. The maximum atomic E-state index is 12.8. The van der Waals surface area contributed by atoms with Gasteiger partial charge in [0.05, 0.1) is 35.7 Å². The average molecular weight is 568 g/mol. The zero-order valence-corrected chi connectivity index (χ0v) is 22.6. The molecule has 0 atom stereocenters. The summed E-state index contributed by atoms with van der Waals surface area (Å²) in [6.45, 7) is 2.17. The molecule has 0 aliphatic carbocycles. The number of esters is 1. The van der Waals surface area contributed by atoms with Crippen LogP contribution in [0.15, 0.2) is 48.5 Å². The number of rotatable bonds is 9. The van der Waals surface area contributed by atoms with Crippen LogP contribution < -0.4 is 9.62 Å². The van der Waals surface area contributed by atoms with Gasteiger partial charge in [-0.1, -0.05) is 30.3 Å². The Balaban J connectivity index is 1.52. The van der Waals surface area contributed by atoms with Gasteiger partial charge in [0.15, 0.2) is 11.8 Å². The van der Waals surface area contributed by atoms with E-state index in [9.17, 15) is 33.5 Å². The molecule has 4 rings (SSSR count). The van der Waals surface area contributed by atoms with Crippen molar-refractivity contribution in [1.82, 2.24) is 14.3 Å².